The van der Waals surface area contributed by atoms with Crippen LogP contribution < -0.4 is 9.16 Å². The molecule has 1 aliphatic heterocycles. The van der Waals surface area contributed by atoms with Crippen LogP contribution in [0.1, 0.15) is 57.5 Å². The van der Waals surface area contributed by atoms with Crippen molar-refractivity contribution in [3.8, 4) is 17.2 Å². The number of hydrogen-bond acceptors (Lipinski definition) is 4. The van der Waals surface area contributed by atoms with Gasteiger partial charge >= 0.3 is 0 Å². The lowest BCUT2D eigenvalue weighted by molar-refractivity contribution is 0.0996. The van der Waals surface area contributed by atoms with E-state index in [1.807, 2.05) is 26.0 Å². The maximum Gasteiger partial charge on any atom is 0.250 e. The predicted octanol–water partition coefficient (Wildman–Crippen LogP) is 5.16. The number of phenolic OH excluding ortho intramolecular Hbond substituents is 1. The summed E-state index contributed by atoms with van der Waals surface area (Å²) in [6.07, 6.45) is 3.86. The molecular weight excluding hydrogens is 320 g/mol. The number of aromatic hydroxyl groups is 1. The van der Waals surface area contributed by atoms with E-state index in [9.17, 15) is 9.90 Å². The first-order valence-electron chi connectivity index (χ1n) is 8.23. The molecule has 1 heterocycles. The van der Waals surface area contributed by atoms with E-state index < -0.39 is 13.9 Å². The minimum Gasteiger partial charge on any atom is -0.543 e. The summed E-state index contributed by atoms with van der Waals surface area (Å²) in [5, 5.41) is 10.4. The molecule has 0 amide bonds. The molecule has 24 heavy (non-hydrogen) atoms. The van der Waals surface area contributed by atoms with E-state index in [0.29, 0.717) is 11.5 Å². The first kappa shape index (κ1) is 18.6. The summed E-state index contributed by atoms with van der Waals surface area (Å²) in [5.74, 6) is 0.657. The number of benzene rings is 1. The van der Waals surface area contributed by atoms with Gasteiger partial charge in [-0.05, 0) is 51.1 Å². The number of ketones is 1. The molecule has 0 atom stereocenters. The predicted molar refractivity (Wildman–Crippen MR) is 99.7 cm³/mol. The molecule has 1 N–H and O–H groups in total. The van der Waals surface area contributed by atoms with Gasteiger partial charge in [-0.1, -0.05) is 20.8 Å². The third-order valence-electron chi connectivity index (χ3n) is 4.80. The average molecular weight is 349 g/mol. The van der Waals surface area contributed by atoms with E-state index in [1.165, 1.54) is 6.92 Å². The molecular formula is C19H28O4Si. The molecule has 4 nitrogen and oxygen atoms in total. The quantitative estimate of drug-likeness (QED) is 0.605. The second-order valence-corrected chi connectivity index (χ2v) is 13.2. The van der Waals surface area contributed by atoms with Crippen LogP contribution in [0, 0.1) is 0 Å². The zero-order valence-corrected chi connectivity index (χ0v) is 16.9. The second-order valence-electron chi connectivity index (χ2n) is 8.47. The van der Waals surface area contributed by atoms with Crippen molar-refractivity contribution in [1.82, 2.24) is 0 Å². The molecule has 0 unspecified atom stereocenters. The minimum atomic E-state index is -2.09. The van der Waals surface area contributed by atoms with Crippen molar-refractivity contribution < 1.29 is 19.1 Å². The highest BCUT2D eigenvalue weighted by molar-refractivity contribution is 6.74. The monoisotopic (exact) mass is 348 g/mol. The molecule has 0 aliphatic carbocycles. The van der Waals surface area contributed by atoms with Crippen LogP contribution in [0.15, 0.2) is 12.1 Å². The highest BCUT2D eigenvalue weighted by atomic mass is 28.4. The Morgan fingerprint density at radius 1 is 1.29 bits per heavy atom. The normalized spacial score (nSPS) is 16.3. The van der Waals surface area contributed by atoms with E-state index in [1.54, 1.807) is 6.07 Å². The topological polar surface area (TPSA) is 55.8 Å². The zero-order valence-electron chi connectivity index (χ0n) is 15.9. The molecule has 0 radical (unpaired) electrons. The summed E-state index contributed by atoms with van der Waals surface area (Å²) in [6, 6.07) is 1.54. The van der Waals surface area contributed by atoms with Gasteiger partial charge in [0.25, 0.3) is 8.32 Å². The van der Waals surface area contributed by atoms with Gasteiger partial charge in [0, 0.05) is 6.07 Å². The van der Waals surface area contributed by atoms with Crippen LogP contribution in [-0.2, 0) is 0 Å². The standard InChI is InChI=1S/C19H28O4Si/c1-12(20)16-14(21)11-15(23-24(7,8)18(2,3)4)13-9-10-19(5,6)22-17(13)16/h9-11,21H,1-8H3. The average Bonchev–Trinajstić information content (AvgIpc) is 2.34. The van der Waals surface area contributed by atoms with Gasteiger partial charge in [-0.2, -0.15) is 0 Å². The SMILES string of the molecule is CC(=O)c1c(O)cc(O[Si](C)(C)C(C)(C)C)c2c1OC(C)(C)C=C2. The molecule has 0 saturated heterocycles. The molecule has 0 bridgehead atoms. The van der Waals surface area contributed by atoms with Crippen molar-refractivity contribution in [2.75, 3.05) is 0 Å². The van der Waals surface area contributed by atoms with Crippen LogP contribution in [0.5, 0.6) is 17.2 Å². The number of hydrogen-bond donors (Lipinski definition) is 1. The molecule has 0 spiro atoms. The molecule has 0 saturated carbocycles. The highest BCUT2D eigenvalue weighted by Gasteiger charge is 2.40. The number of fused-ring (bicyclic) bond motifs is 1. The summed E-state index contributed by atoms with van der Waals surface area (Å²) in [5.41, 5.74) is 0.395. The summed E-state index contributed by atoms with van der Waals surface area (Å²) in [7, 11) is -2.09. The van der Waals surface area contributed by atoms with Gasteiger partial charge in [-0.3, -0.25) is 4.79 Å². The number of rotatable bonds is 3. The second kappa shape index (κ2) is 5.65. The molecule has 1 aromatic rings. The van der Waals surface area contributed by atoms with Crippen molar-refractivity contribution >= 4 is 20.2 Å². The van der Waals surface area contributed by atoms with Gasteiger partial charge in [0.05, 0.1) is 5.56 Å². The van der Waals surface area contributed by atoms with Crippen LogP contribution in [0.3, 0.4) is 0 Å². The zero-order chi connectivity index (χ0) is 18.5. The molecule has 1 aromatic carbocycles. The molecule has 2 rings (SSSR count). The number of carbonyl (C=O) groups is 1. The Kier molecular flexibility index (Phi) is 4.38. The minimum absolute atomic E-state index is 0.0211. The van der Waals surface area contributed by atoms with Crippen molar-refractivity contribution in [2.24, 2.45) is 0 Å². The van der Waals surface area contributed by atoms with Crippen LogP contribution in [0.25, 0.3) is 6.08 Å². The Bertz CT molecular complexity index is 709. The van der Waals surface area contributed by atoms with Crippen LogP contribution in [0.2, 0.25) is 18.1 Å². The largest absolute Gasteiger partial charge is 0.543 e. The molecule has 1 aliphatic rings. The highest BCUT2D eigenvalue weighted by Crippen LogP contribution is 2.46. The van der Waals surface area contributed by atoms with E-state index in [2.05, 4.69) is 33.9 Å². The number of Topliss-reactive ketones (excluding diaryl/α,β-unsaturated/α-hetero) is 1. The van der Waals surface area contributed by atoms with Crippen LogP contribution >= 0.6 is 0 Å². The van der Waals surface area contributed by atoms with Gasteiger partial charge < -0.3 is 14.3 Å². The molecule has 5 heteroatoms. The lowest BCUT2D eigenvalue weighted by Gasteiger charge is -2.38. The third-order valence-corrected chi connectivity index (χ3v) is 9.14. The summed E-state index contributed by atoms with van der Waals surface area (Å²) < 4.78 is 12.4. The Balaban J connectivity index is 2.65. The Morgan fingerprint density at radius 3 is 2.38 bits per heavy atom. The van der Waals surface area contributed by atoms with Crippen LogP contribution in [-0.4, -0.2) is 24.8 Å². The van der Waals surface area contributed by atoms with E-state index in [-0.39, 0.29) is 22.1 Å². The van der Waals surface area contributed by atoms with Gasteiger partial charge in [-0.25, -0.2) is 0 Å². The summed E-state index contributed by atoms with van der Waals surface area (Å²) in [6.45, 7) is 16.0. The molecule has 0 aromatic heterocycles. The van der Waals surface area contributed by atoms with Gasteiger partial charge in [-0.15, -0.1) is 0 Å². The fourth-order valence-corrected chi connectivity index (χ4v) is 3.36. The van der Waals surface area contributed by atoms with Crippen molar-refractivity contribution in [2.45, 2.75) is 65.3 Å². The van der Waals surface area contributed by atoms with E-state index >= 15 is 0 Å². The van der Waals surface area contributed by atoms with Gasteiger partial charge in [0.15, 0.2) is 5.78 Å². The van der Waals surface area contributed by atoms with Crippen molar-refractivity contribution in [3.63, 3.8) is 0 Å². The first-order valence-corrected chi connectivity index (χ1v) is 11.1. The fourth-order valence-electron chi connectivity index (χ4n) is 2.33. The van der Waals surface area contributed by atoms with Gasteiger partial charge in [0.2, 0.25) is 0 Å². The smallest absolute Gasteiger partial charge is 0.250 e. The third kappa shape index (κ3) is 3.36. The number of phenols is 1. The number of carbonyl (C=O) groups excluding carboxylic acids is 1. The maximum absolute atomic E-state index is 12.0. The van der Waals surface area contributed by atoms with Crippen molar-refractivity contribution in [3.05, 3.63) is 23.3 Å². The Morgan fingerprint density at radius 2 is 1.88 bits per heavy atom. The Hall–Kier alpha value is -1.75. The Labute approximate surface area is 145 Å². The molecule has 0 fully saturated rings. The maximum atomic E-state index is 12.0. The first-order chi connectivity index (χ1) is 10.8. The lowest BCUT2D eigenvalue weighted by Crippen LogP contribution is -2.44. The van der Waals surface area contributed by atoms with E-state index in [4.69, 9.17) is 9.16 Å². The number of ether oxygens (including phenoxy) is 1. The van der Waals surface area contributed by atoms with Gasteiger partial charge in [0.1, 0.15) is 28.4 Å². The lowest BCUT2D eigenvalue weighted by atomic mass is 9.97. The summed E-state index contributed by atoms with van der Waals surface area (Å²) >= 11 is 0. The molecule has 132 valence electrons. The van der Waals surface area contributed by atoms with Crippen LogP contribution in [0.4, 0.5) is 0 Å². The van der Waals surface area contributed by atoms with E-state index in [0.717, 1.165) is 5.56 Å². The summed E-state index contributed by atoms with van der Waals surface area (Å²) in [4.78, 5) is 12.0. The fraction of sp³-hybridized carbons (Fsp3) is 0.526. The van der Waals surface area contributed by atoms with Crippen molar-refractivity contribution in [1.29, 1.82) is 0 Å².